The minimum atomic E-state index is -0.337. The topological polar surface area (TPSA) is 58.1 Å². The van der Waals surface area contributed by atoms with Crippen molar-refractivity contribution in [2.75, 3.05) is 24.2 Å². The predicted molar refractivity (Wildman–Crippen MR) is 95.3 cm³/mol. The van der Waals surface area contributed by atoms with Crippen LogP contribution in [0.4, 0.5) is 15.2 Å². The number of piperidine rings is 1. The normalized spacial score (nSPS) is 17.8. The smallest absolute Gasteiger partial charge is 0.233 e. The molecule has 0 bridgehead atoms. The van der Waals surface area contributed by atoms with Crippen molar-refractivity contribution >= 4 is 39.8 Å². The number of carbonyl (C=O) groups is 1. The monoisotopic (exact) mass is 366 g/mol. The van der Waals surface area contributed by atoms with Crippen LogP contribution in [0.15, 0.2) is 28.6 Å². The molecule has 1 amide bonds. The van der Waals surface area contributed by atoms with Gasteiger partial charge in [0.2, 0.25) is 11.0 Å². The third kappa shape index (κ3) is 4.45. The second-order valence-electron chi connectivity index (χ2n) is 5.85. The zero-order chi connectivity index (χ0) is 16.9. The molecule has 0 spiro atoms. The lowest BCUT2D eigenvalue weighted by Gasteiger charge is -2.30. The van der Waals surface area contributed by atoms with Crippen molar-refractivity contribution in [2.24, 2.45) is 5.92 Å². The minimum Gasteiger partial charge on any atom is -0.342 e. The van der Waals surface area contributed by atoms with Crippen molar-refractivity contribution < 1.29 is 9.18 Å². The third-order valence-electron chi connectivity index (χ3n) is 3.85. The van der Waals surface area contributed by atoms with E-state index in [0.717, 1.165) is 19.5 Å². The van der Waals surface area contributed by atoms with Gasteiger partial charge in [-0.3, -0.25) is 4.79 Å². The number of aromatic nitrogens is 2. The molecule has 1 aliphatic heterocycles. The van der Waals surface area contributed by atoms with E-state index in [4.69, 9.17) is 0 Å². The van der Waals surface area contributed by atoms with Gasteiger partial charge in [-0.1, -0.05) is 42.2 Å². The first-order valence-corrected chi connectivity index (χ1v) is 9.67. The lowest BCUT2D eigenvalue weighted by molar-refractivity contribution is -0.130. The molecule has 1 fully saturated rings. The molecule has 2 aromatic rings. The molecule has 5 nitrogen and oxygen atoms in total. The van der Waals surface area contributed by atoms with E-state index in [9.17, 15) is 9.18 Å². The van der Waals surface area contributed by atoms with E-state index in [0.29, 0.717) is 26.8 Å². The van der Waals surface area contributed by atoms with E-state index in [-0.39, 0.29) is 11.7 Å². The third-order valence-corrected chi connectivity index (χ3v) is 5.81. The van der Waals surface area contributed by atoms with E-state index in [2.05, 4.69) is 22.4 Å². The molecule has 8 heteroatoms. The number of amides is 1. The summed E-state index contributed by atoms with van der Waals surface area (Å²) in [4.78, 5) is 14.2. The highest BCUT2D eigenvalue weighted by atomic mass is 32.2. The number of anilines is 2. The number of para-hydroxylation sites is 1. The number of benzene rings is 1. The Morgan fingerprint density at radius 2 is 2.29 bits per heavy atom. The molecule has 0 aliphatic carbocycles. The molecule has 1 aromatic heterocycles. The summed E-state index contributed by atoms with van der Waals surface area (Å²) in [5, 5.41) is 11.5. The van der Waals surface area contributed by atoms with E-state index < -0.39 is 0 Å². The quantitative estimate of drug-likeness (QED) is 0.816. The molecule has 1 aliphatic rings. The zero-order valence-electron chi connectivity index (χ0n) is 13.4. The van der Waals surface area contributed by atoms with Crippen LogP contribution in [0.3, 0.4) is 0 Å². The molecule has 1 N–H and O–H groups in total. The number of rotatable bonds is 5. The molecule has 2 heterocycles. The molecule has 0 radical (unpaired) electrons. The average molecular weight is 366 g/mol. The lowest BCUT2D eigenvalue weighted by atomic mass is 10.0. The number of thioether (sulfide) groups is 1. The van der Waals surface area contributed by atoms with Gasteiger partial charge in [0.1, 0.15) is 5.82 Å². The van der Waals surface area contributed by atoms with Crippen molar-refractivity contribution in [3.8, 4) is 0 Å². The van der Waals surface area contributed by atoms with Crippen LogP contribution in [0.5, 0.6) is 0 Å². The number of carbonyl (C=O) groups excluding carboxylic acids is 1. The number of nitrogens with one attached hydrogen (secondary N) is 1. The van der Waals surface area contributed by atoms with E-state index >= 15 is 0 Å². The van der Waals surface area contributed by atoms with Crippen LogP contribution in [0.1, 0.15) is 19.8 Å². The van der Waals surface area contributed by atoms with Crippen molar-refractivity contribution in [3.05, 3.63) is 30.1 Å². The van der Waals surface area contributed by atoms with E-state index in [1.165, 1.54) is 35.6 Å². The van der Waals surface area contributed by atoms with Crippen LogP contribution in [-0.4, -0.2) is 39.8 Å². The fourth-order valence-corrected chi connectivity index (χ4v) is 4.29. The second-order valence-corrected chi connectivity index (χ2v) is 8.05. The molecule has 1 aromatic carbocycles. The predicted octanol–water partition coefficient (Wildman–Crippen LogP) is 3.77. The maximum atomic E-state index is 13.6. The van der Waals surface area contributed by atoms with Crippen LogP contribution < -0.4 is 5.32 Å². The zero-order valence-corrected chi connectivity index (χ0v) is 15.0. The van der Waals surface area contributed by atoms with Gasteiger partial charge in [0, 0.05) is 13.1 Å². The van der Waals surface area contributed by atoms with Crippen molar-refractivity contribution in [3.63, 3.8) is 0 Å². The van der Waals surface area contributed by atoms with Gasteiger partial charge >= 0.3 is 0 Å². The number of likely N-dealkylation sites (tertiary alicyclic amines) is 1. The second kappa shape index (κ2) is 7.94. The van der Waals surface area contributed by atoms with Crippen LogP contribution in [0.2, 0.25) is 0 Å². The fraction of sp³-hybridized carbons (Fsp3) is 0.438. The van der Waals surface area contributed by atoms with Gasteiger partial charge in [-0.2, -0.15) is 0 Å². The molecule has 1 atom stereocenters. The summed E-state index contributed by atoms with van der Waals surface area (Å²) >= 11 is 2.70. The van der Waals surface area contributed by atoms with Gasteiger partial charge in [-0.05, 0) is 30.9 Å². The Morgan fingerprint density at radius 3 is 3.08 bits per heavy atom. The van der Waals surface area contributed by atoms with Crippen LogP contribution in [0, 0.1) is 11.7 Å². The highest BCUT2D eigenvalue weighted by molar-refractivity contribution is 8.01. The molecule has 0 saturated carbocycles. The summed E-state index contributed by atoms with van der Waals surface area (Å²) in [5.74, 6) is 0.744. The van der Waals surface area contributed by atoms with Gasteiger partial charge in [-0.15, -0.1) is 10.2 Å². The number of halogens is 1. The summed E-state index contributed by atoms with van der Waals surface area (Å²) in [6.07, 6.45) is 2.27. The standard InChI is InChI=1S/C16H19FN4OS2/c1-11-5-4-8-21(9-11)14(22)10-23-16-20-19-15(24-16)18-13-7-3-2-6-12(13)17/h2-3,6-7,11H,4-5,8-10H2,1H3,(H,18,19). The van der Waals surface area contributed by atoms with Gasteiger partial charge in [0.15, 0.2) is 4.34 Å². The Bertz CT molecular complexity index is 709. The van der Waals surface area contributed by atoms with Gasteiger partial charge in [0.25, 0.3) is 0 Å². The van der Waals surface area contributed by atoms with Crippen molar-refractivity contribution in [1.82, 2.24) is 15.1 Å². The number of hydrogen-bond donors (Lipinski definition) is 1. The maximum Gasteiger partial charge on any atom is 0.233 e. The first kappa shape index (κ1) is 17.2. The van der Waals surface area contributed by atoms with Gasteiger partial charge in [0.05, 0.1) is 11.4 Å². The minimum absolute atomic E-state index is 0.144. The number of nitrogens with zero attached hydrogens (tertiary/aromatic N) is 3. The largest absolute Gasteiger partial charge is 0.342 e. The number of hydrogen-bond acceptors (Lipinski definition) is 6. The van der Waals surface area contributed by atoms with Crippen LogP contribution in [-0.2, 0) is 4.79 Å². The van der Waals surface area contributed by atoms with E-state index in [1.54, 1.807) is 18.2 Å². The molecule has 1 unspecified atom stereocenters. The molecule has 3 rings (SSSR count). The highest BCUT2D eigenvalue weighted by Gasteiger charge is 2.21. The van der Waals surface area contributed by atoms with Crippen LogP contribution in [0.25, 0.3) is 0 Å². The maximum absolute atomic E-state index is 13.6. The molecule has 128 valence electrons. The van der Waals surface area contributed by atoms with E-state index in [1.807, 2.05) is 4.90 Å². The summed E-state index contributed by atoms with van der Waals surface area (Å²) in [7, 11) is 0. The SMILES string of the molecule is CC1CCCN(C(=O)CSc2nnc(Nc3ccccc3F)s2)C1. The van der Waals surface area contributed by atoms with Crippen LogP contribution >= 0.6 is 23.1 Å². The molecular formula is C16H19FN4OS2. The summed E-state index contributed by atoms with van der Waals surface area (Å²) in [6.45, 7) is 3.87. The Labute approximate surface area is 148 Å². The Kier molecular flexibility index (Phi) is 5.68. The average Bonchev–Trinajstić information content (AvgIpc) is 3.02. The molecular weight excluding hydrogens is 347 g/mol. The summed E-state index contributed by atoms with van der Waals surface area (Å²) in [6, 6.07) is 6.41. The van der Waals surface area contributed by atoms with Crippen molar-refractivity contribution in [1.29, 1.82) is 0 Å². The Balaban J connectivity index is 1.53. The summed E-state index contributed by atoms with van der Waals surface area (Å²) in [5.41, 5.74) is 0.364. The fourth-order valence-electron chi connectivity index (χ4n) is 2.63. The Morgan fingerprint density at radius 1 is 1.46 bits per heavy atom. The first-order chi connectivity index (χ1) is 11.6. The van der Waals surface area contributed by atoms with Gasteiger partial charge < -0.3 is 10.2 Å². The molecule has 24 heavy (non-hydrogen) atoms. The summed E-state index contributed by atoms with van der Waals surface area (Å²) < 4.78 is 14.3. The highest BCUT2D eigenvalue weighted by Crippen LogP contribution is 2.29. The Hall–Kier alpha value is -1.67. The molecule has 1 saturated heterocycles. The van der Waals surface area contributed by atoms with Gasteiger partial charge in [-0.25, -0.2) is 4.39 Å². The lowest BCUT2D eigenvalue weighted by Crippen LogP contribution is -2.40. The van der Waals surface area contributed by atoms with Crippen molar-refractivity contribution in [2.45, 2.75) is 24.1 Å². The first-order valence-electron chi connectivity index (χ1n) is 7.87.